The summed E-state index contributed by atoms with van der Waals surface area (Å²) in [7, 11) is 0. The molecule has 1 N–H and O–H groups in total. The molecule has 2 nitrogen and oxygen atoms in total. The smallest absolute Gasteiger partial charge is 0.416 e. The molecule has 0 aliphatic heterocycles. The van der Waals surface area contributed by atoms with Crippen molar-refractivity contribution in [2.75, 3.05) is 0 Å². The van der Waals surface area contributed by atoms with Crippen LogP contribution in [0.4, 0.5) is 13.2 Å². The molecule has 0 aliphatic rings. The zero-order valence-electron chi connectivity index (χ0n) is 13.1. The Kier molecular flexibility index (Phi) is 4.39. The van der Waals surface area contributed by atoms with E-state index in [9.17, 15) is 23.1 Å². The van der Waals surface area contributed by atoms with Gasteiger partial charge in [-0.2, -0.15) is 13.2 Å². The Morgan fingerprint density at radius 1 is 0.960 bits per heavy atom. The molecular weight excluding hydrogens is 349 g/mol. The molecule has 0 unspecified atom stereocenters. The number of carboxylic acids is 1. The number of carboxylic acid groups (broad SMARTS) is 1. The highest BCUT2D eigenvalue weighted by atomic mass is 32.1. The van der Waals surface area contributed by atoms with Gasteiger partial charge in [0, 0.05) is 16.5 Å². The highest BCUT2D eigenvalue weighted by Gasteiger charge is 2.30. The minimum absolute atomic E-state index is 0.107. The lowest BCUT2D eigenvalue weighted by Gasteiger charge is -2.10. The average Bonchev–Trinajstić information content (AvgIpc) is 3.00. The van der Waals surface area contributed by atoms with Crippen LogP contribution in [-0.4, -0.2) is 11.1 Å². The monoisotopic (exact) mass is 362 g/mol. The van der Waals surface area contributed by atoms with Crippen molar-refractivity contribution in [2.45, 2.75) is 13.1 Å². The van der Waals surface area contributed by atoms with Gasteiger partial charge in [0.15, 0.2) is 0 Å². The van der Waals surface area contributed by atoms with Gasteiger partial charge in [-0.1, -0.05) is 42.0 Å². The molecule has 3 rings (SSSR count). The number of halogens is 3. The van der Waals surface area contributed by atoms with Crippen LogP contribution in [0.5, 0.6) is 0 Å². The predicted molar refractivity (Wildman–Crippen MR) is 91.9 cm³/mol. The number of carbonyl (C=O) groups is 1. The zero-order chi connectivity index (χ0) is 18.2. The lowest BCUT2D eigenvalue weighted by molar-refractivity contribution is -0.137. The van der Waals surface area contributed by atoms with Crippen molar-refractivity contribution >= 4 is 17.3 Å². The molecule has 3 aromatic rings. The van der Waals surface area contributed by atoms with Gasteiger partial charge in [0.25, 0.3) is 0 Å². The van der Waals surface area contributed by atoms with Crippen LogP contribution in [0.25, 0.3) is 22.3 Å². The van der Waals surface area contributed by atoms with Gasteiger partial charge in [0.2, 0.25) is 0 Å². The Bertz CT molecular complexity index is 907. The van der Waals surface area contributed by atoms with Crippen molar-refractivity contribution in [3.05, 3.63) is 69.9 Å². The van der Waals surface area contributed by atoms with Crippen molar-refractivity contribution in [3.63, 3.8) is 0 Å². The minimum atomic E-state index is -4.43. The second-order valence-corrected chi connectivity index (χ2v) is 6.48. The van der Waals surface area contributed by atoms with Gasteiger partial charge < -0.3 is 5.11 Å². The minimum Gasteiger partial charge on any atom is -0.477 e. The summed E-state index contributed by atoms with van der Waals surface area (Å²) in [4.78, 5) is 11.7. The van der Waals surface area contributed by atoms with Crippen molar-refractivity contribution < 1.29 is 23.1 Å². The first-order valence-corrected chi connectivity index (χ1v) is 8.25. The first kappa shape index (κ1) is 17.2. The Balaban J connectivity index is 2.15. The van der Waals surface area contributed by atoms with E-state index in [4.69, 9.17) is 0 Å². The summed E-state index contributed by atoms with van der Waals surface area (Å²) in [5.74, 6) is -1.10. The van der Waals surface area contributed by atoms with Crippen LogP contribution in [-0.2, 0) is 6.18 Å². The summed E-state index contributed by atoms with van der Waals surface area (Å²) < 4.78 is 38.3. The van der Waals surface area contributed by atoms with Crippen LogP contribution in [0.2, 0.25) is 0 Å². The van der Waals surface area contributed by atoms with Crippen molar-refractivity contribution in [1.29, 1.82) is 0 Å². The summed E-state index contributed by atoms with van der Waals surface area (Å²) in [6.45, 7) is 1.94. The average molecular weight is 362 g/mol. The van der Waals surface area contributed by atoms with Crippen LogP contribution in [0.15, 0.2) is 53.9 Å². The topological polar surface area (TPSA) is 37.3 Å². The third kappa shape index (κ3) is 3.44. The Morgan fingerprint density at radius 2 is 1.52 bits per heavy atom. The Labute approximate surface area is 146 Å². The lowest BCUT2D eigenvalue weighted by atomic mass is 9.95. The zero-order valence-corrected chi connectivity index (χ0v) is 13.9. The van der Waals surface area contributed by atoms with Gasteiger partial charge in [-0.05, 0) is 30.2 Å². The molecule has 1 heterocycles. The van der Waals surface area contributed by atoms with Gasteiger partial charge in [-0.25, -0.2) is 4.79 Å². The molecule has 2 aromatic carbocycles. The van der Waals surface area contributed by atoms with Crippen LogP contribution >= 0.6 is 11.3 Å². The Morgan fingerprint density at radius 3 is 2.04 bits per heavy atom. The molecule has 0 aliphatic carbocycles. The molecule has 0 bridgehead atoms. The van der Waals surface area contributed by atoms with E-state index < -0.39 is 17.7 Å². The summed E-state index contributed by atoms with van der Waals surface area (Å²) in [5, 5.41) is 11.2. The van der Waals surface area contributed by atoms with E-state index in [0.29, 0.717) is 16.7 Å². The van der Waals surface area contributed by atoms with Crippen molar-refractivity contribution in [2.24, 2.45) is 0 Å². The maximum absolute atomic E-state index is 12.8. The number of thiophene rings is 1. The summed E-state index contributed by atoms with van der Waals surface area (Å²) in [6.07, 6.45) is -4.43. The molecule has 0 saturated carbocycles. The highest BCUT2D eigenvalue weighted by Crippen LogP contribution is 2.40. The lowest BCUT2D eigenvalue weighted by Crippen LogP contribution is -2.04. The highest BCUT2D eigenvalue weighted by molar-refractivity contribution is 7.13. The van der Waals surface area contributed by atoms with Gasteiger partial charge in [-0.3, -0.25) is 0 Å². The van der Waals surface area contributed by atoms with E-state index in [1.165, 1.54) is 12.1 Å². The van der Waals surface area contributed by atoms with Crippen LogP contribution in [0.1, 0.15) is 20.8 Å². The second kappa shape index (κ2) is 6.37. The Hall–Kier alpha value is -2.60. The van der Waals surface area contributed by atoms with E-state index in [-0.39, 0.29) is 4.88 Å². The van der Waals surface area contributed by atoms with E-state index in [1.54, 1.807) is 5.38 Å². The molecule has 0 saturated heterocycles. The van der Waals surface area contributed by atoms with E-state index in [1.807, 2.05) is 31.2 Å². The third-order valence-corrected chi connectivity index (χ3v) is 4.82. The molecule has 0 radical (unpaired) electrons. The molecule has 6 heteroatoms. The van der Waals surface area contributed by atoms with E-state index >= 15 is 0 Å². The van der Waals surface area contributed by atoms with E-state index in [0.717, 1.165) is 34.6 Å². The second-order valence-electron chi connectivity index (χ2n) is 5.60. The fourth-order valence-electron chi connectivity index (χ4n) is 2.57. The van der Waals surface area contributed by atoms with E-state index in [2.05, 4.69) is 0 Å². The molecule has 0 amide bonds. The maximum Gasteiger partial charge on any atom is 0.416 e. The molecule has 128 valence electrons. The number of rotatable bonds is 3. The van der Waals surface area contributed by atoms with Gasteiger partial charge in [0.1, 0.15) is 4.88 Å². The maximum atomic E-state index is 12.8. The normalized spacial score (nSPS) is 11.5. The number of hydrogen-bond acceptors (Lipinski definition) is 2. The molecule has 1 aromatic heterocycles. The standard InChI is InChI=1S/C19H13F3O2S/c1-11-2-4-12(5-3-11)15-10-25-17(18(23)24)16(15)13-6-8-14(9-7-13)19(20,21)22/h2-10H,1H3,(H,23,24). The number of aromatic carboxylic acids is 1. The molecule has 0 fully saturated rings. The summed E-state index contributed by atoms with van der Waals surface area (Å²) in [6, 6.07) is 12.1. The number of aryl methyl sites for hydroxylation is 1. The van der Waals surface area contributed by atoms with Gasteiger partial charge >= 0.3 is 12.1 Å². The quantitative estimate of drug-likeness (QED) is 0.610. The SMILES string of the molecule is Cc1ccc(-c2csc(C(=O)O)c2-c2ccc(C(F)(F)F)cc2)cc1. The largest absolute Gasteiger partial charge is 0.477 e. The van der Waals surface area contributed by atoms with Crippen molar-refractivity contribution in [3.8, 4) is 22.3 Å². The number of alkyl halides is 3. The molecule has 0 spiro atoms. The fraction of sp³-hybridized carbons (Fsp3) is 0.105. The fourth-order valence-corrected chi connectivity index (χ4v) is 3.51. The molecule has 25 heavy (non-hydrogen) atoms. The van der Waals surface area contributed by atoms with Gasteiger partial charge in [-0.15, -0.1) is 11.3 Å². The summed E-state index contributed by atoms with van der Waals surface area (Å²) in [5.41, 5.74) is 2.71. The van der Waals surface area contributed by atoms with Crippen LogP contribution < -0.4 is 0 Å². The molecular formula is C19H13F3O2S. The van der Waals surface area contributed by atoms with Crippen LogP contribution in [0.3, 0.4) is 0 Å². The predicted octanol–water partition coefficient (Wildman–Crippen LogP) is 6.11. The number of hydrogen-bond donors (Lipinski definition) is 1. The first-order chi connectivity index (χ1) is 11.8. The van der Waals surface area contributed by atoms with Crippen LogP contribution in [0, 0.1) is 6.92 Å². The van der Waals surface area contributed by atoms with Crippen molar-refractivity contribution in [1.82, 2.24) is 0 Å². The first-order valence-electron chi connectivity index (χ1n) is 7.37. The summed E-state index contributed by atoms with van der Waals surface area (Å²) >= 11 is 1.07. The van der Waals surface area contributed by atoms with Gasteiger partial charge in [0.05, 0.1) is 5.56 Å². The number of benzene rings is 2. The molecule has 0 atom stereocenters. The third-order valence-electron chi connectivity index (χ3n) is 3.85.